The molecule has 2 N–H and O–H groups in total. The summed E-state index contributed by atoms with van der Waals surface area (Å²) in [5.41, 5.74) is 0.641. The number of carboxylic acids is 1. The first kappa shape index (κ1) is 16.0. The molecular formula is C14H22N2O4S. The molecule has 0 aromatic carbocycles. The summed E-state index contributed by atoms with van der Waals surface area (Å²) in [6.07, 6.45) is 3.53. The van der Waals surface area contributed by atoms with Crippen LogP contribution in [-0.2, 0) is 10.0 Å². The van der Waals surface area contributed by atoms with Gasteiger partial charge in [-0.25, -0.2) is 13.2 Å². The van der Waals surface area contributed by atoms with E-state index < -0.39 is 16.0 Å². The van der Waals surface area contributed by atoms with E-state index >= 15 is 0 Å². The first-order valence-electron chi connectivity index (χ1n) is 7.25. The number of nitrogens with one attached hydrogen (secondary N) is 1. The Morgan fingerprint density at radius 3 is 2.57 bits per heavy atom. The number of aryl methyl sites for hydroxylation is 1. The normalized spacial score (nSPS) is 20.6. The highest BCUT2D eigenvalue weighted by Crippen LogP contribution is 2.31. The third-order valence-corrected chi connectivity index (χ3v) is 6.42. The molecule has 1 aromatic heterocycles. The molecule has 0 spiro atoms. The molecule has 1 fully saturated rings. The van der Waals surface area contributed by atoms with Gasteiger partial charge < -0.3 is 10.1 Å². The van der Waals surface area contributed by atoms with Crippen molar-refractivity contribution in [3.05, 3.63) is 17.0 Å². The van der Waals surface area contributed by atoms with E-state index in [1.807, 2.05) is 6.92 Å². The Morgan fingerprint density at radius 2 is 2.05 bits per heavy atom. The van der Waals surface area contributed by atoms with Gasteiger partial charge in [-0.3, -0.25) is 0 Å². The number of piperidine rings is 1. The number of hydrogen-bond acceptors (Lipinski definition) is 3. The van der Waals surface area contributed by atoms with Gasteiger partial charge >= 0.3 is 5.97 Å². The second-order valence-corrected chi connectivity index (χ2v) is 7.39. The van der Waals surface area contributed by atoms with Crippen LogP contribution in [0, 0.1) is 13.8 Å². The van der Waals surface area contributed by atoms with Gasteiger partial charge in [-0.05, 0) is 33.1 Å². The van der Waals surface area contributed by atoms with Crippen LogP contribution in [0.15, 0.2) is 4.90 Å². The summed E-state index contributed by atoms with van der Waals surface area (Å²) in [5.74, 6) is -1.14. The highest BCUT2D eigenvalue weighted by atomic mass is 32.2. The maximum atomic E-state index is 12.9. The zero-order valence-corrected chi connectivity index (χ0v) is 13.5. The van der Waals surface area contributed by atoms with E-state index in [0.29, 0.717) is 17.8 Å². The average Bonchev–Trinajstić information content (AvgIpc) is 2.74. The van der Waals surface area contributed by atoms with Gasteiger partial charge in [0, 0.05) is 23.8 Å². The molecule has 7 heteroatoms. The van der Waals surface area contributed by atoms with Crippen molar-refractivity contribution in [3.8, 4) is 0 Å². The lowest BCUT2D eigenvalue weighted by atomic mass is 10.0. The van der Waals surface area contributed by atoms with Crippen LogP contribution in [0.3, 0.4) is 0 Å². The van der Waals surface area contributed by atoms with Gasteiger partial charge in [-0.2, -0.15) is 4.31 Å². The molecule has 2 heterocycles. The Labute approximate surface area is 125 Å². The van der Waals surface area contributed by atoms with Crippen molar-refractivity contribution in [2.24, 2.45) is 0 Å². The van der Waals surface area contributed by atoms with E-state index in [2.05, 4.69) is 4.98 Å². The van der Waals surface area contributed by atoms with E-state index in [1.165, 1.54) is 0 Å². The van der Waals surface area contributed by atoms with Crippen LogP contribution in [0.4, 0.5) is 0 Å². The zero-order valence-electron chi connectivity index (χ0n) is 12.6. The number of rotatable bonds is 4. The number of aromatic carboxylic acids is 1. The number of aromatic amines is 1. The maximum absolute atomic E-state index is 12.9. The monoisotopic (exact) mass is 314 g/mol. The van der Waals surface area contributed by atoms with Gasteiger partial charge in [0.2, 0.25) is 10.0 Å². The van der Waals surface area contributed by atoms with E-state index in [1.54, 1.807) is 18.2 Å². The molecule has 118 valence electrons. The summed E-state index contributed by atoms with van der Waals surface area (Å²) >= 11 is 0. The topological polar surface area (TPSA) is 90.5 Å². The van der Waals surface area contributed by atoms with Crippen LogP contribution < -0.4 is 0 Å². The van der Waals surface area contributed by atoms with Crippen LogP contribution in [0.25, 0.3) is 0 Å². The molecule has 2 rings (SSSR count). The molecule has 1 aromatic rings. The first-order valence-corrected chi connectivity index (χ1v) is 8.69. The Hall–Kier alpha value is -1.34. The third kappa shape index (κ3) is 2.72. The standard InChI is InChI=1S/C14H22N2O4S/c1-4-11-7-5-6-8-16(11)21(19,20)13-9(2)12(14(17)18)15-10(13)3/h11,15H,4-8H2,1-3H3,(H,17,18). The molecule has 0 aliphatic carbocycles. The van der Waals surface area contributed by atoms with E-state index in [0.717, 1.165) is 25.7 Å². The Morgan fingerprint density at radius 1 is 1.38 bits per heavy atom. The predicted octanol–water partition coefficient (Wildman–Crippen LogP) is 2.28. The Kier molecular flexibility index (Phi) is 4.43. The van der Waals surface area contributed by atoms with Crippen molar-refractivity contribution in [1.82, 2.24) is 9.29 Å². The quantitative estimate of drug-likeness (QED) is 0.892. The fraction of sp³-hybridized carbons (Fsp3) is 0.643. The van der Waals surface area contributed by atoms with Crippen molar-refractivity contribution in [2.45, 2.75) is 57.4 Å². The number of hydrogen-bond donors (Lipinski definition) is 2. The second kappa shape index (κ2) is 5.81. The van der Waals surface area contributed by atoms with Gasteiger partial charge in [-0.15, -0.1) is 0 Å². The largest absolute Gasteiger partial charge is 0.477 e. The molecular weight excluding hydrogens is 292 g/mol. The fourth-order valence-corrected chi connectivity index (χ4v) is 5.33. The minimum atomic E-state index is -3.66. The van der Waals surface area contributed by atoms with Gasteiger partial charge in [0.25, 0.3) is 0 Å². The van der Waals surface area contributed by atoms with E-state index in [9.17, 15) is 13.2 Å². The number of carbonyl (C=O) groups is 1. The molecule has 0 radical (unpaired) electrons. The van der Waals surface area contributed by atoms with E-state index in [-0.39, 0.29) is 16.6 Å². The summed E-state index contributed by atoms with van der Waals surface area (Å²) in [5, 5.41) is 9.14. The third-order valence-electron chi connectivity index (χ3n) is 4.19. The number of sulfonamides is 1. The SMILES string of the molecule is CCC1CCCCN1S(=O)(=O)c1c(C)[nH]c(C(=O)O)c1C. The number of aromatic nitrogens is 1. The zero-order chi connectivity index (χ0) is 15.8. The van der Waals surface area contributed by atoms with Gasteiger partial charge in [-0.1, -0.05) is 13.3 Å². The minimum Gasteiger partial charge on any atom is -0.477 e. The Bertz CT molecular complexity index is 648. The number of carboxylic acid groups (broad SMARTS) is 1. The lowest BCUT2D eigenvalue weighted by Crippen LogP contribution is -2.43. The predicted molar refractivity (Wildman–Crippen MR) is 79.0 cm³/mol. The number of H-pyrrole nitrogens is 1. The lowest BCUT2D eigenvalue weighted by Gasteiger charge is -2.34. The molecule has 1 unspecified atom stereocenters. The molecule has 6 nitrogen and oxygen atoms in total. The van der Waals surface area contributed by atoms with Crippen LogP contribution >= 0.6 is 0 Å². The first-order chi connectivity index (χ1) is 9.80. The van der Waals surface area contributed by atoms with E-state index in [4.69, 9.17) is 5.11 Å². The van der Waals surface area contributed by atoms with Gasteiger partial charge in [0.05, 0.1) is 0 Å². The molecule has 0 amide bonds. The van der Waals surface area contributed by atoms with Gasteiger partial charge in [0.15, 0.2) is 0 Å². The summed E-state index contributed by atoms with van der Waals surface area (Å²) < 4.78 is 27.4. The van der Waals surface area contributed by atoms with Crippen molar-refractivity contribution >= 4 is 16.0 Å². The highest BCUT2D eigenvalue weighted by molar-refractivity contribution is 7.89. The number of nitrogens with zero attached hydrogens (tertiary/aromatic N) is 1. The fourth-order valence-electron chi connectivity index (χ4n) is 3.15. The van der Waals surface area contributed by atoms with Gasteiger partial charge in [0.1, 0.15) is 10.6 Å². The van der Waals surface area contributed by atoms with Crippen molar-refractivity contribution in [2.75, 3.05) is 6.54 Å². The molecule has 1 aliphatic heterocycles. The van der Waals surface area contributed by atoms with Crippen LogP contribution in [0.1, 0.15) is 54.4 Å². The van der Waals surface area contributed by atoms with Crippen LogP contribution in [0.2, 0.25) is 0 Å². The summed E-state index contributed by atoms with van der Waals surface area (Å²) in [6, 6.07) is 0.00530. The lowest BCUT2D eigenvalue weighted by molar-refractivity contribution is 0.0690. The van der Waals surface area contributed by atoms with Crippen LogP contribution in [0.5, 0.6) is 0 Å². The average molecular weight is 314 g/mol. The Balaban J connectivity index is 2.51. The second-order valence-electron chi connectivity index (χ2n) is 5.56. The molecule has 1 aliphatic rings. The minimum absolute atomic E-state index is 0.00530. The molecule has 21 heavy (non-hydrogen) atoms. The molecule has 0 bridgehead atoms. The molecule has 1 atom stereocenters. The smallest absolute Gasteiger partial charge is 0.352 e. The van der Waals surface area contributed by atoms with Crippen molar-refractivity contribution in [3.63, 3.8) is 0 Å². The molecule has 0 saturated carbocycles. The van der Waals surface area contributed by atoms with Crippen LogP contribution in [-0.4, -0.2) is 41.4 Å². The molecule has 1 saturated heterocycles. The summed E-state index contributed by atoms with van der Waals surface area (Å²) in [7, 11) is -3.66. The summed E-state index contributed by atoms with van der Waals surface area (Å²) in [6.45, 7) is 5.65. The summed E-state index contributed by atoms with van der Waals surface area (Å²) in [4.78, 5) is 14.0. The highest BCUT2D eigenvalue weighted by Gasteiger charge is 2.36. The van der Waals surface area contributed by atoms with Crippen molar-refractivity contribution in [1.29, 1.82) is 0 Å². The van der Waals surface area contributed by atoms with Crippen molar-refractivity contribution < 1.29 is 18.3 Å². The maximum Gasteiger partial charge on any atom is 0.352 e.